The average molecular weight is 467 g/mol. The standard InChI is InChI=1S/C27H34N2O5/c1-3-28-16-26-11-6-7-14-33-25(26)27(17-28,13-8-12-26)18-34-24(32)20-9-4-5-10-21(20)29-22(30)15-19(2)23(29)31/h4-7,9-10,19,25H,3,8,11-18H2,1-2H3/t19?,25-,26-,27-/m1/s1. The van der Waals surface area contributed by atoms with Gasteiger partial charge in [-0.1, -0.05) is 44.6 Å². The number of esters is 1. The van der Waals surface area contributed by atoms with Crippen LogP contribution in [0.3, 0.4) is 0 Å². The molecule has 2 saturated heterocycles. The van der Waals surface area contributed by atoms with Crippen LogP contribution in [0.15, 0.2) is 36.4 Å². The lowest BCUT2D eigenvalue weighted by molar-refractivity contribution is -0.197. The van der Waals surface area contributed by atoms with Crippen LogP contribution in [0.2, 0.25) is 0 Å². The molecule has 182 valence electrons. The van der Waals surface area contributed by atoms with Crippen LogP contribution in [-0.4, -0.2) is 61.6 Å². The van der Waals surface area contributed by atoms with Gasteiger partial charge < -0.3 is 14.4 Å². The molecule has 3 fully saturated rings. The molecule has 7 nitrogen and oxygen atoms in total. The Morgan fingerprint density at radius 1 is 1.18 bits per heavy atom. The fourth-order valence-electron chi connectivity index (χ4n) is 6.72. The summed E-state index contributed by atoms with van der Waals surface area (Å²) in [6, 6.07) is 6.75. The minimum atomic E-state index is -0.498. The predicted molar refractivity (Wildman–Crippen MR) is 127 cm³/mol. The number of carbonyl (C=O) groups is 3. The molecule has 4 atom stereocenters. The van der Waals surface area contributed by atoms with Gasteiger partial charge in [-0.25, -0.2) is 9.69 Å². The molecule has 1 saturated carbocycles. The lowest BCUT2D eigenvalue weighted by atomic mass is 9.56. The first-order valence-electron chi connectivity index (χ1n) is 12.5. The topological polar surface area (TPSA) is 76.2 Å². The molecule has 34 heavy (non-hydrogen) atoms. The molecule has 1 unspecified atom stereocenters. The van der Waals surface area contributed by atoms with Crippen molar-refractivity contribution in [2.24, 2.45) is 16.7 Å². The highest BCUT2D eigenvalue weighted by Gasteiger charge is 2.59. The van der Waals surface area contributed by atoms with Crippen LogP contribution in [0, 0.1) is 16.7 Å². The molecule has 5 rings (SSSR count). The summed E-state index contributed by atoms with van der Waals surface area (Å²) in [6.07, 6.45) is 8.71. The van der Waals surface area contributed by atoms with E-state index in [2.05, 4.69) is 24.0 Å². The molecule has 3 heterocycles. The SMILES string of the molecule is CCN1C[C@@]2(COC(=O)c3ccccc3N3C(=O)CC(C)C3=O)CCC[C@]3(CC=CCO[C@@H]23)C1. The second kappa shape index (κ2) is 8.93. The molecular weight excluding hydrogens is 432 g/mol. The Balaban J connectivity index is 1.40. The van der Waals surface area contributed by atoms with E-state index in [4.69, 9.17) is 9.47 Å². The van der Waals surface area contributed by atoms with Crippen LogP contribution in [0.25, 0.3) is 0 Å². The van der Waals surface area contributed by atoms with Crippen molar-refractivity contribution in [2.75, 3.05) is 37.7 Å². The van der Waals surface area contributed by atoms with Gasteiger partial charge >= 0.3 is 5.97 Å². The average Bonchev–Trinajstić information content (AvgIpc) is 2.97. The summed E-state index contributed by atoms with van der Waals surface area (Å²) in [5.74, 6) is -1.43. The first-order valence-corrected chi connectivity index (χ1v) is 12.5. The van der Waals surface area contributed by atoms with Gasteiger partial charge in [0.1, 0.15) is 6.61 Å². The molecular formula is C27H34N2O5. The fraction of sp³-hybridized carbons (Fsp3) is 0.593. The largest absolute Gasteiger partial charge is 0.461 e. The smallest absolute Gasteiger partial charge is 0.340 e. The number of amides is 2. The zero-order valence-corrected chi connectivity index (χ0v) is 20.1. The lowest BCUT2D eigenvalue weighted by Crippen LogP contribution is -2.66. The van der Waals surface area contributed by atoms with Crippen molar-refractivity contribution >= 4 is 23.5 Å². The minimum Gasteiger partial charge on any atom is -0.461 e. The van der Waals surface area contributed by atoms with Crippen LogP contribution in [0.4, 0.5) is 5.69 Å². The fourth-order valence-corrected chi connectivity index (χ4v) is 6.72. The van der Waals surface area contributed by atoms with E-state index < -0.39 is 5.97 Å². The maximum Gasteiger partial charge on any atom is 0.340 e. The molecule has 0 aromatic heterocycles. The van der Waals surface area contributed by atoms with Gasteiger partial charge in [-0.3, -0.25) is 9.59 Å². The number of piperidine rings is 1. The maximum atomic E-state index is 13.4. The van der Waals surface area contributed by atoms with Gasteiger partial charge in [0.2, 0.25) is 11.8 Å². The van der Waals surface area contributed by atoms with Crippen LogP contribution >= 0.6 is 0 Å². The molecule has 1 aromatic rings. The number of ether oxygens (including phenoxy) is 2. The van der Waals surface area contributed by atoms with Crippen molar-refractivity contribution in [3.05, 3.63) is 42.0 Å². The van der Waals surface area contributed by atoms with Crippen LogP contribution in [0.1, 0.15) is 56.3 Å². The first kappa shape index (κ1) is 23.2. The third-order valence-corrected chi connectivity index (χ3v) is 8.26. The summed E-state index contributed by atoms with van der Waals surface area (Å²) in [4.78, 5) is 42.1. The number of para-hydroxylation sites is 1. The van der Waals surface area contributed by atoms with E-state index >= 15 is 0 Å². The number of hydrogen-bond donors (Lipinski definition) is 0. The normalized spacial score (nSPS) is 33.5. The van der Waals surface area contributed by atoms with Crippen molar-refractivity contribution in [1.29, 1.82) is 0 Å². The highest BCUT2D eigenvalue weighted by Crippen LogP contribution is 2.55. The summed E-state index contributed by atoms with van der Waals surface area (Å²) < 4.78 is 12.4. The quantitative estimate of drug-likeness (QED) is 0.375. The van der Waals surface area contributed by atoms with E-state index in [9.17, 15) is 14.4 Å². The third-order valence-electron chi connectivity index (χ3n) is 8.26. The molecule has 7 heteroatoms. The highest BCUT2D eigenvalue weighted by atomic mass is 16.5. The molecule has 1 aromatic carbocycles. The summed E-state index contributed by atoms with van der Waals surface area (Å²) in [6.45, 7) is 7.57. The summed E-state index contributed by atoms with van der Waals surface area (Å²) >= 11 is 0. The molecule has 3 aliphatic heterocycles. The Labute approximate surface area is 201 Å². The second-order valence-corrected chi connectivity index (χ2v) is 10.5. The molecule has 2 amide bonds. The van der Waals surface area contributed by atoms with E-state index in [1.165, 1.54) is 0 Å². The van der Waals surface area contributed by atoms with E-state index in [1.807, 2.05) is 0 Å². The monoisotopic (exact) mass is 466 g/mol. The number of nitrogens with zero attached hydrogens (tertiary/aromatic N) is 2. The number of rotatable bonds is 5. The Morgan fingerprint density at radius 3 is 2.76 bits per heavy atom. The minimum absolute atomic E-state index is 0.0391. The molecule has 1 aliphatic carbocycles. The van der Waals surface area contributed by atoms with E-state index in [0.29, 0.717) is 12.3 Å². The van der Waals surface area contributed by atoms with Gasteiger partial charge in [-0.2, -0.15) is 0 Å². The molecule has 0 radical (unpaired) electrons. The Morgan fingerprint density at radius 2 is 2.00 bits per heavy atom. The Hall–Kier alpha value is -2.51. The van der Waals surface area contributed by atoms with Crippen molar-refractivity contribution in [2.45, 2.75) is 52.1 Å². The van der Waals surface area contributed by atoms with Gasteiger partial charge in [0.05, 0.1) is 24.0 Å². The lowest BCUT2D eigenvalue weighted by Gasteiger charge is -2.60. The second-order valence-electron chi connectivity index (χ2n) is 10.5. The van der Waals surface area contributed by atoms with Crippen molar-refractivity contribution in [3.8, 4) is 0 Å². The van der Waals surface area contributed by atoms with Crippen molar-refractivity contribution in [1.82, 2.24) is 4.90 Å². The van der Waals surface area contributed by atoms with Gasteiger partial charge in [-0.05, 0) is 37.9 Å². The van der Waals surface area contributed by atoms with Gasteiger partial charge in [0.25, 0.3) is 0 Å². The van der Waals surface area contributed by atoms with E-state index in [-0.39, 0.29) is 53.3 Å². The van der Waals surface area contributed by atoms with Crippen LogP contribution < -0.4 is 4.90 Å². The number of benzene rings is 1. The Bertz CT molecular complexity index is 1020. The first-order chi connectivity index (χ1) is 16.4. The zero-order valence-electron chi connectivity index (χ0n) is 20.1. The van der Waals surface area contributed by atoms with Crippen molar-refractivity contribution < 1.29 is 23.9 Å². The number of likely N-dealkylation sites (tertiary alicyclic amines) is 1. The van der Waals surface area contributed by atoms with Crippen LogP contribution in [0.5, 0.6) is 0 Å². The zero-order chi connectivity index (χ0) is 23.9. The van der Waals surface area contributed by atoms with Gasteiger partial charge in [-0.15, -0.1) is 0 Å². The number of hydrogen-bond acceptors (Lipinski definition) is 6. The summed E-state index contributed by atoms with van der Waals surface area (Å²) in [7, 11) is 0. The van der Waals surface area contributed by atoms with Crippen LogP contribution in [-0.2, 0) is 19.1 Å². The summed E-state index contributed by atoms with van der Waals surface area (Å²) in [5, 5.41) is 0. The highest BCUT2D eigenvalue weighted by molar-refractivity contribution is 6.22. The number of imide groups is 1. The van der Waals surface area contributed by atoms with E-state index in [0.717, 1.165) is 50.2 Å². The van der Waals surface area contributed by atoms with Crippen molar-refractivity contribution in [3.63, 3.8) is 0 Å². The number of anilines is 1. The van der Waals surface area contributed by atoms with E-state index in [1.54, 1.807) is 31.2 Å². The predicted octanol–water partition coefficient (Wildman–Crippen LogP) is 3.58. The summed E-state index contributed by atoms with van der Waals surface area (Å²) in [5.41, 5.74) is 0.352. The molecule has 0 spiro atoms. The Kier molecular flexibility index (Phi) is 6.10. The molecule has 2 bridgehead atoms. The maximum absolute atomic E-state index is 13.4. The van der Waals surface area contributed by atoms with Gasteiger partial charge in [0, 0.05) is 36.3 Å². The third kappa shape index (κ3) is 3.79. The van der Waals surface area contributed by atoms with Gasteiger partial charge in [0.15, 0.2) is 0 Å². The molecule has 4 aliphatic rings. The number of carbonyl (C=O) groups excluding carboxylic acids is 3. The molecule has 0 N–H and O–H groups in total. The number of allylic oxidation sites excluding steroid dienone is 1.